The van der Waals surface area contributed by atoms with Crippen LogP contribution >= 0.6 is 15.9 Å². The molecule has 0 spiro atoms. The Kier molecular flexibility index (Phi) is 2.95. The monoisotopic (exact) mass is 270 g/mol. The number of benzene rings is 1. The zero-order chi connectivity index (χ0) is 10.8. The number of ether oxygens (including phenoxy) is 1. The van der Waals surface area contributed by atoms with Gasteiger partial charge in [-0.1, -0.05) is 12.1 Å². The molecule has 0 radical (unpaired) electrons. The molecule has 0 amide bonds. The third-order valence-electron chi connectivity index (χ3n) is 2.53. The van der Waals surface area contributed by atoms with E-state index in [0.29, 0.717) is 6.61 Å². The Morgan fingerprint density at radius 2 is 2.27 bits per heavy atom. The summed E-state index contributed by atoms with van der Waals surface area (Å²) in [5, 5.41) is 8.71. The standard InChI is InChI=1S/C11H11BrO3/c12-9-3-1-2-4-10(9)15-6-7-5-8(7)11(13)14/h1-4,7-8H,5-6H2,(H,13,14). The van der Waals surface area contributed by atoms with Crippen molar-refractivity contribution in [2.45, 2.75) is 6.42 Å². The first-order valence-corrected chi connectivity index (χ1v) is 5.58. The van der Waals surface area contributed by atoms with Crippen molar-refractivity contribution in [3.63, 3.8) is 0 Å². The number of para-hydroxylation sites is 1. The lowest BCUT2D eigenvalue weighted by atomic mass is 10.3. The van der Waals surface area contributed by atoms with Crippen molar-refractivity contribution in [2.75, 3.05) is 6.61 Å². The lowest BCUT2D eigenvalue weighted by Gasteiger charge is -2.06. The van der Waals surface area contributed by atoms with E-state index >= 15 is 0 Å². The van der Waals surface area contributed by atoms with E-state index in [1.807, 2.05) is 24.3 Å². The topological polar surface area (TPSA) is 46.5 Å². The highest BCUT2D eigenvalue weighted by atomic mass is 79.9. The maximum atomic E-state index is 10.6. The summed E-state index contributed by atoms with van der Waals surface area (Å²) in [6, 6.07) is 7.56. The minimum Gasteiger partial charge on any atom is -0.492 e. The Bertz CT molecular complexity index is 378. The summed E-state index contributed by atoms with van der Waals surface area (Å²) < 4.78 is 6.43. The van der Waals surface area contributed by atoms with E-state index in [1.165, 1.54) is 0 Å². The van der Waals surface area contributed by atoms with Crippen molar-refractivity contribution in [3.8, 4) is 5.75 Å². The van der Waals surface area contributed by atoms with Crippen molar-refractivity contribution in [3.05, 3.63) is 28.7 Å². The maximum absolute atomic E-state index is 10.6. The molecule has 1 aliphatic carbocycles. The van der Waals surface area contributed by atoms with Gasteiger partial charge in [0.05, 0.1) is 17.0 Å². The predicted octanol–water partition coefficient (Wildman–Crippen LogP) is 2.55. The summed E-state index contributed by atoms with van der Waals surface area (Å²) in [7, 11) is 0. The molecule has 0 bridgehead atoms. The van der Waals surface area contributed by atoms with Crippen LogP contribution in [0.4, 0.5) is 0 Å². The first kappa shape index (κ1) is 10.5. The molecule has 1 N–H and O–H groups in total. The van der Waals surface area contributed by atoms with Gasteiger partial charge < -0.3 is 9.84 Å². The molecule has 2 unspecified atom stereocenters. The normalized spacial score (nSPS) is 23.5. The lowest BCUT2D eigenvalue weighted by Crippen LogP contribution is -2.06. The van der Waals surface area contributed by atoms with Crippen LogP contribution in [0.2, 0.25) is 0 Å². The fourth-order valence-electron chi connectivity index (χ4n) is 1.49. The van der Waals surface area contributed by atoms with E-state index in [2.05, 4.69) is 15.9 Å². The molecule has 0 saturated heterocycles. The molecule has 80 valence electrons. The van der Waals surface area contributed by atoms with Crippen LogP contribution in [0.5, 0.6) is 5.75 Å². The third kappa shape index (κ3) is 2.50. The van der Waals surface area contributed by atoms with Crippen LogP contribution in [0.3, 0.4) is 0 Å². The Morgan fingerprint density at radius 1 is 1.53 bits per heavy atom. The lowest BCUT2D eigenvalue weighted by molar-refractivity contribution is -0.138. The Morgan fingerprint density at radius 3 is 2.87 bits per heavy atom. The molecule has 3 nitrogen and oxygen atoms in total. The molecule has 0 aliphatic heterocycles. The molecular formula is C11H11BrO3. The number of hydrogen-bond acceptors (Lipinski definition) is 2. The Labute approximate surface area is 96.2 Å². The van der Waals surface area contributed by atoms with Gasteiger partial charge in [-0.25, -0.2) is 0 Å². The molecule has 0 heterocycles. The summed E-state index contributed by atoms with van der Waals surface area (Å²) in [5.41, 5.74) is 0. The first-order valence-electron chi connectivity index (χ1n) is 4.78. The van der Waals surface area contributed by atoms with Crippen molar-refractivity contribution < 1.29 is 14.6 Å². The molecule has 0 aromatic heterocycles. The second-order valence-electron chi connectivity index (χ2n) is 3.68. The number of aliphatic carboxylic acids is 1. The van der Waals surface area contributed by atoms with Crippen molar-refractivity contribution in [2.24, 2.45) is 11.8 Å². The van der Waals surface area contributed by atoms with Gasteiger partial charge in [-0.3, -0.25) is 4.79 Å². The zero-order valence-electron chi connectivity index (χ0n) is 8.02. The minimum absolute atomic E-state index is 0.176. The van der Waals surface area contributed by atoms with E-state index in [9.17, 15) is 4.79 Å². The van der Waals surface area contributed by atoms with Gasteiger partial charge >= 0.3 is 5.97 Å². The Balaban J connectivity index is 1.85. The van der Waals surface area contributed by atoms with E-state index < -0.39 is 5.97 Å². The van der Waals surface area contributed by atoms with Gasteiger partial charge in [0.2, 0.25) is 0 Å². The van der Waals surface area contributed by atoms with Crippen LogP contribution in [0, 0.1) is 11.8 Å². The highest BCUT2D eigenvalue weighted by Gasteiger charge is 2.43. The molecule has 1 aromatic rings. The quantitative estimate of drug-likeness (QED) is 0.915. The second-order valence-corrected chi connectivity index (χ2v) is 4.54. The average molecular weight is 271 g/mol. The van der Waals surface area contributed by atoms with Gasteiger partial charge in [0.25, 0.3) is 0 Å². The van der Waals surface area contributed by atoms with Crippen LogP contribution in [-0.4, -0.2) is 17.7 Å². The molecule has 4 heteroatoms. The highest BCUT2D eigenvalue weighted by molar-refractivity contribution is 9.10. The maximum Gasteiger partial charge on any atom is 0.306 e. The molecular weight excluding hydrogens is 260 g/mol. The SMILES string of the molecule is O=C(O)C1CC1COc1ccccc1Br. The van der Waals surface area contributed by atoms with Crippen LogP contribution in [0.1, 0.15) is 6.42 Å². The molecule has 1 saturated carbocycles. The van der Waals surface area contributed by atoms with Gasteiger partial charge in [-0.05, 0) is 34.5 Å². The number of carboxylic acid groups (broad SMARTS) is 1. The van der Waals surface area contributed by atoms with Crippen LogP contribution in [0.25, 0.3) is 0 Å². The van der Waals surface area contributed by atoms with E-state index in [0.717, 1.165) is 16.6 Å². The van der Waals surface area contributed by atoms with Gasteiger partial charge in [0.15, 0.2) is 0 Å². The number of rotatable bonds is 4. The van der Waals surface area contributed by atoms with Gasteiger partial charge in [0.1, 0.15) is 5.75 Å². The second kappa shape index (κ2) is 4.23. The largest absolute Gasteiger partial charge is 0.492 e. The summed E-state index contributed by atoms with van der Waals surface area (Å²) in [5.74, 6) is 0.0337. The summed E-state index contributed by atoms with van der Waals surface area (Å²) in [6.45, 7) is 0.486. The molecule has 2 rings (SSSR count). The first-order chi connectivity index (χ1) is 7.18. The predicted molar refractivity (Wildman–Crippen MR) is 58.9 cm³/mol. The number of carbonyl (C=O) groups is 1. The summed E-state index contributed by atoms with van der Waals surface area (Å²) in [4.78, 5) is 10.6. The fraction of sp³-hybridized carbons (Fsp3) is 0.364. The number of carboxylic acids is 1. The van der Waals surface area contributed by atoms with E-state index in [-0.39, 0.29) is 11.8 Å². The van der Waals surface area contributed by atoms with Gasteiger partial charge in [-0.15, -0.1) is 0 Å². The number of hydrogen-bond donors (Lipinski definition) is 1. The van der Waals surface area contributed by atoms with Gasteiger partial charge in [0, 0.05) is 5.92 Å². The molecule has 1 fully saturated rings. The number of halogens is 1. The fourth-order valence-corrected chi connectivity index (χ4v) is 1.89. The highest BCUT2D eigenvalue weighted by Crippen LogP contribution is 2.39. The van der Waals surface area contributed by atoms with Crippen LogP contribution < -0.4 is 4.74 Å². The molecule has 2 atom stereocenters. The smallest absolute Gasteiger partial charge is 0.306 e. The van der Waals surface area contributed by atoms with E-state index in [4.69, 9.17) is 9.84 Å². The van der Waals surface area contributed by atoms with Crippen LogP contribution in [-0.2, 0) is 4.79 Å². The molecule has 1 aliphatic rings. The minimum atomic E-state index is -0.712. The Hall–Kier alpha value is -1.03. The van der Waals surface area contributed by atoms with Crippen molar-refractivity contribution >= 4 is 21.9 Å². The van der Waals surface area contributed by atoms with Gasteiger partial charge in [-0.2, -0.15) is 0 Å². The molecule has 15 heavy (non-hydrogen) atoms. The van der Waals surface area contributed by atoms with Crippen molar-refractivity contribution in [1.29, 1.82) is 0 Å². The van der Waals surface area contributed by atoms with E-state index in [1.54, 1.807) is 0 Å². The third-order valence-corrected chi connectivity index (χ3v) is 3.18. The summed E-state index contributed by atoms with van der Waals surface area (Å²) >= 11 is 3.37. The average Bonchev–Trinajstić information content (AvgIpc) is 2.96. The summed E-state index contributed by atoms with van der Waals surface area (Å²) in [6.07, 6.45) is 0.736. The zero-order valence-corrected chi connectivity index (χ0v) is 9.61. The molecule has 1 aromatic carbocycles. The van der Waals surface area contributed by atoms with Crippen molar-refractivity contribution in [1.82, 2.24) is 0 Å². The van der Waals surface area contributed by atoms with Crippen LogP contribution in [0.15, 0.2) is 28.7 Å².